The summed E-state index contributed by atoms with van der Waals surface area (Å²) in [5.41, 5.74) is 1.81. The molecule has 0 spiro atoms. The predicted octanol–water partition coefficient (Wildman–Crippen LogP) is 2.61. The fourth-order valence-electron chi connectivity index (χ4n) is 2.88. The van der Waals surface area contributed by atoms with Crippen molar-refractivity contribution < 1.29 is 9.84 Å². The molecule has 116 valence electrons. The van der Waals surface area contributed by atoms with E-state index in [1.54, 1.807) is 18.5 Å². The lowest BCUT2D eigenvalue weighted by Gasteiger charge is -2.27. The number of hydrogen-bond acceptors (Lipinski definition) is 5. The molecule has 0 atom stereocenters. The third kappa shape index (κ3) is 3.87. The van der Waals surface area contributed by atoms with Gasteiger partial charge in [0.25, 0.3) is 0 Å². The van der Waals surface area contributed by atoms with Gasteiger partial charge < -0.3 is 9.84 Å². The summed E-state index contributed by atoms with van der Waals surface area (Å²) in [5.74, 6) is 1.24. The van der Waals surface area contributed by atoms with Gasteiger partial charge in [-0.15, -0.1) is 0 Å². The first kappa shape index (κ1) is 15.1. The van der Waals surface area contributed by atoms with Crippen LogP contribution in [0.15, 0.2) is 36.8 Å². The number of ether oxygens (including phenoxy) is 1. The summed E-state index contributed by atoms with van der Waals surface area (Å²) < 4.78 is 5.98. The van der Waals surface area contributed by atoms with E-state index in [4.69, 9.17) is 9.84 Å². The Balaban J connectivity index is 1.49. The van der Waals surface area contributed by atoms with Gasteiger partial charge in [-0.3, -0.25) is 4.98 Å². The highest BCUT2D eigenvalue weighted by Gasteiger charge is 2.24. The van der Waals surface area contributed by atoms with Crippen LogP contribution in [0.5, 0.6) is 0 Å². The van der Waals surface area contributed by atoms with E-state index in [1.165, 1.54) is 0 Å². The highest BCUT2D eigenvalue weighted by Crippen LogP contribution is 2.32. The number of hydrogen-bond donors (Lipinski definition) is 1. The van der Waals surface area contributed by atoms with E-state index < -0.39 is 0 Å². The van der Waals surface area contributed by atoms with Gasteiger partial charge >= 0.3 is 0 Å². The molecule has 5 nitrogen and oxygen atoms in total. The molecule has 0 saturated heterocycles. The van der Waals surface area contributed by atoms with Crippen LogP contribution < -0.4 is 0 Å². The summed E-state index contributed by atoms with van der Waals surface area (Å²) in [6, 6.07) is 5.72. The number of aliphatic hydroxyl groups excluding tert-OH is 1. The molecule has 1 aliphatic rings. The van der Waals surface area contributed by atoms with Crippen molar-refractivity contribution in [2.24, 2.45) is 0 Å². The second-order valence-electron chi connectivity index (χ2n) is 5.71. The summed E-state index contributed by atoms with van der Waals surface area (Å²) in [4.78, 5) is 12.9. The van der Waals surface area contributed by atoms with Crippen LogP contribution in [0.3, 0.4) is 0 Å². The number of pyridine rings is 1. The van der Waals surface area contributed by atoms with Gasteiger partial charge in [0, 0.05) is 24.5 Å². The Labute approximate surface area is 130 Å². The zero-order valence-corrected chi connectivity index (χ0v) is 12.6. The Morgan fingerprint density at radius 1 is 1.14 bits per heavy atom. The van der Waals surface area contributed by atoms with E-state index in [0.29, 0.717) is 24.3 Å². The molecule has 2 aromatic heterocycles. The van der Waals surface area contributed by atoms with E-state index in [9.17, 15) is 0 Å². The Hall–Kier alpha value is -1.85. The maximum Gasteiger partial charge on any atom is 0.131 e. The Kier molecular flexibility index (Phi) is 5.08. The topological polar surface area (TPSA) is 68.1 Å². The number of aromatic nitrogens is 3. The van der Waals surface area contributed by atoms with Crippen LogP contribution in [0.2, 0.25) is 0 Å². The summed E-state index contributed by atoms with van der Waals surface area (Å²) in [5, 5.41) is 9.17. The number of rotatable bonds is 5. The van der Waals surface area contributed by atoms with Crippen LogP contribution >= 0.6 is 0 Å². The molecule has 0 aliphatic heterocycles. The molecule has 2 aromatic rings. The molecule has 1 N–H and O–H groups in total. The summed E-state index contributed by atoms with van der Waals surface area (Å²) in [6.07, 6.45) is 9.78. The first-order chi connectivity index (χ1) is 10.8. The van der Waals surface area contributed by atoms with Crippen molar-refractivity contribution in [1.29, 1.82) is 0 Å². The Morgan fingerprint density at radius 2 is 2.00 bits per heavy atom. The lowest BCUT2D eigenvalue weighted by atomic mass is 9.86. The predicted molar refractivity (Wildman–Crippen MR) is 82.0 cm³/mol. The van der Waals surface area contributed by atoms with E-state index in [2.05, 4.69) is 15.0 Å². The van der Waals surface area contributed by atoms with E-state index in [0.717, 1.165) is 37.1 Å². The standard InChI is InChI=1S/C17H21N3O2/c21-11-15-7-9-19-17(20-15)14-3-5-16(6-4-14)22-12-13-2-1-8-18-10-13/h1-2,7-10,14,16,21H,3-6,11-12H2/t14-,16-. The zero-order chi connectivity index (χ0) is 15.2. The van der Waals surface area contributed by atoms with Crippen molar-refractivity contribution in [1.82, 2.24) is 15.0 Å². The Morgan fingerprint density at radius 3 is 2.73 bits per heavy atom. The molecule has 22 heavy (non-hydrogen) atoms. The second kappa shape index (κ2) is 7.42. The van der Waals surface area contributed by atoms with Crippen molar-refractivity contribution in [3.63, 3.8) is 0 Å². The van der Waals surface area contributed by atoms with Crippen molar-refractivity contribution >= 4 is 0 Å². The van der Waals surface area contributed by atoms with Crippen LogP contribution in [0, 0.1) is 0 Å². The molecule has 3 rings (SSSR count). The average molecular weight is 299 g/mol. The van der Waals surface area contributed by atoms with E-state index in [1.807, 2.05) is 18.3 Å². The fraction of sp³-hybridized carbons (Fsp3) is 0.471. The highest BCUT2D eigenvalue weighted by molar-refractivity contribution is 5.07. The van der Waals surface area contributed by atoms with Crippen LogP contribution in [-0.4, -0.2) is 26.2 Å². The first-order valence-corrected chi connectivity index (χ1v) is 7.78. The van der Waals surface area contributed by atoms with Gasteiger partial charge in [0.1, 0.15) is 5.82 Å². The first-order valence-electron chi connectivity index (χ1n) is 7.78. The smallest absolute Gasteiger partial charge is 0.131 e. The summed E-state index contributed by atoms with van der Waals surface area (Å²) >= 11 is 0. The maximum absolute atomic E-state index is 9.17. The van der Waals surface area contributed by atoms with Gasteiger partial charge in [0.15, 0.2) is 0 Å². The minimum absolute atomic E-state index is 0.0287. The van der Waals surface area contributed by atoms with Crippen molar-refractivity contribution in [2.45, 2.75) is 50.9 Å². The molecule has 5 heteroatoms. The molecule has 1 saturated carbocycles. The SMILES string of the molecule is OCc1ccnc([C@H]2CC[C@H](OCc3cccnc3)CC2)n1. The van der Waals surface area contributed by atoms with Crippen molar-refractivity contribution in [3.05, 3.63) is 53.9 Å². The minimum atomic E-state index is -0.0287. The molecular formula is C17H21N3O2. The Bertz CT molecular complexity index is 583. The van der Waals surface area contributed by atoms with Gasteiger partial charge in [0.2, 0.25) is 0 Å². The average Bonchev–Trinajstić information content (AvgIpc) is 2.61. The monoisotopic (exact) mass is 299 g/mol. The largest absolute Gasteiger partial charge is 0.390 e. The lowest BCUT2D eigenvalue weighted by molar-refractivity contribution is 0.0127. The maximum atomic E-state index is 9.17. The van der Waals surface area contributed by atoms with Crippen molar-refractivity contribution in [2.75, 3.05) is 0 Å². The van der Waals surface area contributed by atoms with Crippen LogP contribution in [0.4, 0.5) is 0 Å². The molecule has 0 amide bonds. The minimum Gasteiger partial charge on any atom is -0.390 e. The molecule has 1 aliphatic carbocycles. The van der Waals surface area contributed by atoms with Gasteiger partial charge in [-0.1, -0.05) is 6.07 Å². The number of nitrogens with zero attached hydrogens (tertiary/aromatic N) is 3. The molecule has 0 aromatic carbocycles. The molecule has 1 fully saturated rings. The van der Waals surface area contributed by atoms with E-state index >= 15 is 0 Å². The summed E-state index contributed by atoms with van der Waals surface area (Å²) in [6.45, 7) is 0.596. The van der Waals surface area contributed by atoms with Crippen LogP contribution in [0.25, 0.3) is 0 Å². The fourth-order valence-corrected chi connectivity index (χ4v) is 2.88. The molecule has 0 bridgehead atoms. The lowest BCUT2D eigenvalue weighted by Crippen LogP contribution is -2.22. The molecule has 0 unspecified atom stereocenters. The highest BCUT2D eigenvalue weighted by atomic mass is 16.5. The third-order valence-electron chi connectivity index (χ3n) is 4.14. The van der Waals surface area contributed by atoms with Gasteiger partial charge in [0.05, 0.1) is 25.0 Å². The van der Waals surface area contributed by atoms with Crippen LogP contribution in [0.1, 0.15) is 48.7 Å². The second-order valence-corrected chi connectivity index (χ2v) is 5.71. The van der Waals surface area contributed by atoms with Gasteiger partial charge in [-0.25, -0.2) is 9.97 Å². The normalized spacial score (nSPS) is 21.7. The van der Waals surface area contributed by atoms with Gasteiger partial charge in [-0.2, -0.15) is 0 Å². The summed E-state index contributed by atoms with van der Waals surface area (Å²) in [7, 11) is 0. The zero-order valence-electron chi connectivity index (χ0n) is 12.6. The van der Waals surface area contributed by atoms with Gasteiger partial charge in [-0.05, 0) is 43.4 Å². The third-order valence-corrected chi connectivity index (χ3v) is 4.14. The molecule has 2 heterocycles. The molecular weight excluding hydrogens is 278 g/mol. The van der Waals surface area contributed by atoms with E-state index in [-0.39, 0.29) is 6.61 Å². The quantitative estimate of drug-likeness (QED) is 0.919. The van der Waals surface area contributed by atoms with Crippen molar-refractivity contribution in [3.8, 4) is 0 Å². The number of aliphatic hydroxyl groups is 1. The molecule has 0 radical (unpaired) electrons. The van der Waals surface area contributed by atoms with Crippen LogP contribution in [-0.2, 0) is 18.0 Å².